The Morgan fingerprint density at radius 1 is 1.08 bits per heavy atom. The van der Waals surface area contributed by atoms with E-state index in [0.29, 0.717) is 12.0 Å². The number of unbranched alkanes of at least 4 members (excludes halogenated alkanes) is 2. The summed E-state index contributed by atoms with van der Waals surface area (Å²) in [5.41, 5.74) is 0. The molecule has 1 saturated heterocycles. The number of hydrogen-bond donors (Lipinski definition) is 2. The van der Waals surface area contributed by atoms with Gasteiger partial charge in [0.05, 0.1) is 0 Å². The van der Waals surface area contributed by atoms with Crippen molar-refractivity contribution < 1.29 is 0 Å². The maximum Gasteiger partial charge on any atom is 0.191 e. The van der Waals surface area contributed by atoms with E-state index < -0.39 is 0 Å². The molecule has 0 aromatic heterocycles. The molecule has 0 aliphatic carbocycles. The van der Waals surface area contributed by atoms with Gasteiger partial charge in [-0.15, -0.1) is 24.0 Å². The first kappa shape index (κ1) is 24.9. The standard InChI is InChI=1S/C19H41N5.HI/c1-6-8-9-10-18(4)22-19(20-7-2)21-15-17(3)16-24-13-11-23(5)12-14-24;/h17-18H,6-16H2,1-5H3,(H2,20,21,22);1H. The minimum Gasteiger partial charge on any atom is -0.357 e. The molecule has 1 fully saturated rings. The summed E-state index contributed by atoms with van der Waals surface area (Å²) in [6.07, 6.45) is 5.12. The van der Waals surface area contributed by atoms with E-state index in [1.54, 1.807) is 0 Å². The molecular formula is C19H42IN5. The Balaban J connectivity index is 0.00000576. The smallest absolute Gasteiger partial charge is 0.191 e. The molecule has 1 rings (SSSR count). The summed E-state index contributed by atoms with van der Waals surface area (Å²) in [7, 11) is 2.21. The second-order valence-corrected chi connectivity index (χ2v) is 7.47. The predicted octanol–water partition coefficient (Wildman–Crippen LogP) is 3.01. The van der Waals surface area contributed by atoms with Crippen molar-refractivity contribution in [3.63, 3.8) is 0 Å². The minimum absolute atomic E-state index is 0. The van der Waals surface area contributed by atoms with Gasteiger partial charge < -0.3 is 20.4 Å². The Morgan fingerprint density at radius 3 is 2.36 bits per heavy atom. The average molecular weight is 467 g/mol. The topological polar surface area (TPSA) is 42.9 Å². The average Bonchev–Trinajstić information content (AvgIpc) is 2.55. The molecule has 1 heterocycles. The molecule has 5 nitrogen and oxygen atoms in total. The summed E-state index contributed by atoms with van der Waals surface area (Å²) in [5, 5.41) is 6.95. The molecule has 2 unspecified atom stereocenters. The molecule has 0 amide bonds. The molecule has 2 atom stereocenters. The van der Waals surface area contributed by atoms with Crippen molar-refractivity contribution in [1.29, 1.82) is 0 Å². The maximum atomic E-state index is 4.82. The van der Waals surface area contributed by atoms with Gasteiger partial charge in [0, 0.05) is 51.9 Å². The van der Waals surface area contributed by atoms with Crippen LogP contribution in [-0.2, 0) is 0 Å². The number of nitrogens with zero attached hydrogens (tertiary/aromatic N) is 3. The van der Waals surface area contributed by atoms with E-state index in [1.165, 1.54) is 51.9 Å². The summed E-state index contributed by atoms with van der Waals surface area (Å²) < 4.78 is 0. The lowest BCUT2D eigenvalue weighted by Crippen LogP contribution is -2.46. The second-order valence-electron chi connectivity index (χ2n) is 7.47. The third kappa shape index (κ3) is 12.0. The lowest BCUT2D eigenvalue weighted by molar-refractivity contribution is 0.140. The van der Waals surface area contributed by atoms with Crippen LogP contribution in [0.25, 0.3) is 0 Å². The highest BCUT2D eigenvalue weighted by Gasteiger charge is 2.16. The fourth-order valence-electron chi connectivity index (χ4n) is 3.10. The minimum atomic E-state index is 0. The van der Waals surface area contributed by atoms with Crippen LogP contribution in [0, 0.1) is 5.92 Å². The van der Waals surface area contributed by atoms with Crippen LogP contribution < -0.4 is 10.6 Å². The highest BCUT2D eigenvalue weighted by molar-refractivity contribution is 14.0. The molecule has 1 aliphatic rings. The van der Waals surface area contributed by atoms with E-state index in [0.717, 1.165) is 25.6 Å². The van der Waals surface area contributed by atoms with Gasteiger partial charge in [0.1, 0.15) is 0 Å². The van der Waals surface area contributed by atoms with Crippen LogP contribution in [0.2, 0.25) is 0 Å². The lowest BCUT2D eigenvalue weighted by Gasteiger charge is -2.33. The Bertz CT molecular complexity index is 343. The summed E-state index contributed by atoms with van der Waals surface area (Å²) in [5.74, 6) is 1.57. The molecule has 25 heavy (non-hydrogen) atoms. The fourth-order valence-corrected chi connectivity index (χ4v) is 3.10. The van der Waals surface area contributed by atoms with Crippen molar-refractivity contribution >= 4 is 29.9 Å². The number of piperazine rings is 1. The molecule has 0 aromatic carbocycles. The van der Waals surface area contributed by atoms with Gasteiger partial charge in [-0.1, -0.05) is 33.1 Å². The number of rotatable bonds is 10. The van der Waals surface area contributed by atoms with Gasteiger partial charge in [0.25, 0.3) is 0 Å². The van der Waals surface area contributed by atoms with Crippen molar-refractivity contribution in [2.45, 2.75) is 59.4 Å². The number of likely N-dealkylation sites (N-methyl/N-ethyl adjacent to an activating group) is 1. The quantitative estimate of drug-likeness (QED) is 0.224. The lowest BCUT2D eigenvalue weighted by atomic mass is 10.1. The van der Waals surface area contributed by atoms with Gasteiger partial charge in [0.2, 0.25) is 0 Å². The number of aliphatic imine (C=N–C) groups is 1. The Morgan fingerprint density at radius 2 is 1.76 bits per heavy atom. The highest BCUT2D eigenvalue weighted by Crippen LogP contribution is 2.06. The van der Waals surface area contributed by atoms with E-state index in [-0.39, 0.29) is 24.0 Å². The van der Waals surface area contributed by atoms with E-state index in [4.69, 9.17) is 4.99 Å². The first-order chi connectivity index (χ1) is 11.5. The number of halogens is 1. The maximum absolute atomic E-state index is 4.82. The Kier molecular flexibility index (Phi) is 15.0. The van der Waals surface area contributed by atoms with Crippen LogP contribution in [0.5, 0.6) is 0 Å². The number of guanidine groups is 1. The zero-order valence-corrected chi connectivity index (χ0v) is 19.5. The predicted molar refractivity (Wildman–Crippen MR) is 121 cm³/mol. The first-order valence-corrected chi connectivity index (χ1v) is 10.0. The third-order valence-electron chi connectivity index (χ3n) is 4.69. The van der Waals surface area contributed by atoms with Gasteiger partial charge in [-0.2, -0.15) is 0 Å². The molecule has 0 aromatic rings. The molecule has 1 aliphatic heterocycles. The molecule has 2 N–H and O–H groups in total. The van der Waals surface area contributed by atoms with Crippen LogP contribution in [0.3, 0.4) is 0 Å². The molecule has 0 bridgehead atoms. The van der Waals surface area contributed by atoms with Crippen LogP contribution in [0.15, 0.2) is 4.99 Å². The van der Waals surface area contributed by atoms with E-state index in [1.807, 2.05) is 0 Å². The van der Waals surface area contributed by atoms with Gasteiger partial charge in [-0.05, 0) is 33.2 Å². The Labute approximate surface area is 173 Å². The molecule has 0 saturated carbocycles. The molecular weight excluding hydrogens is 425 g/mol. The second kappa shape index (κ2) is 15.0. The van der Waals surface area contributed by atoms with Crippen molar-refractivity contribution in [1.82, 2.24) is 20.4 Å². The summed E-state index contributed by atoms with van der Waals surface area (Å²) in [6, 6.07) is 0.488. The zero-order chi connectivity index (χ0) is 17.8. The van der Waals surface area contributed by atoms with E-state index >= 15 is 0 Å². The van der Waals surface area contributed by atoms with Crippen LogP contribution in [0.4, 0.5) is 0 Å². The summed E-state index contributed by atoms with van der Waals surface area (Å²) in [6.45, 7) is 16.7. The van der Waals surface area contributed by atoms with Gasteiger partial charge in [-0.25, -0.2) is 0 Å². The van der Waals surface area contributed by atoms with Crippen molar-refractivity contribution in [3.05, 3.63) is 0 Å². The number of hydrogen-bond acceptors (Lipinski definition) is 3. The van der Waals surface area contributed by atoms with Crippen LogP contribution in [-0.4, -0.2) is 74.7 Å². The van der Waals surface area contributed by atoms with Gasteiger partial charge in [-0.3, -0.25) is 4.99 Å². The first-order valence-electron chi connectivity index (χ1n) is 10.0. The molecule has 6 heteroatoms. The fraction of sp³-hybridized carbons (Fsp3) is 0.947. The monoisotopic (exact) mass is 467 g/mol. The molecule has 0 radical (unpaired) electrons. The molecule has 0 spiro atoms. The van der Waals surface area contributed by atoms with Crippen molar-refractivity contribution in [3.8, 4) is 0 Å². The number of nitrogens with one attached hydrogen (secondary N) is 2. The SMILES string of the molecule is CCCCCC(C)NC(=NCC(C)CN1CCN(C)CC1)NCC.I. The summed E-state index contributed by atoms with van der Waals surface area (Å²) >= 11 is 0. The normalized spacial score (nSPS) is 19.2. The zero-order valence-electron chi connectivity index (χ0n) is 17.2. The largest absolute Gasteiger partial charge is 0.357 e. The highest BCUT2D eigenvalue weighted by atomic mass is 127. The van der Waals surface area contributed by atoms with Crippen molar-refractivity contribution in [2.24, 2.45) is 10.9 Å². The van der Waals surface area contributed by atoms with Gasteiger partial charge >= 0.3 is 0 Å². The van der Waals surface area contributed by atoms with Gasteiger partial charge in [0.15, 0.2) is 5.96 Å². The Hall–Kier alpha value is -0.0800. The van der Waals surface area contributed by atoms with E-state index in [9.17, 15) is 0 Å². The van der Waals surface area contributed by atoms with Crippen molar-refractivity contribution in [2.75, 3.05) is 52.9 Å². The summed E-state index contributed by atoms with van der Waals surface area (Å²) in [4.78, 5) is 9.81. The van der Waals surface area contributed by atoms with E-state index in [2.05, 4.69) is 55.2 Å². The molecule has 150 valence electrons. The van der Waals surface area contributed by atoms with Crippen LogP contribution >= 0.6 is 24.0 Å². The van der Waals surface area contributed by atoms with Crippen LogP contribution in [0.1, 0.15) is 53.4 Å². The third-order valence-corrected chi connectivity index (χ3v) is 4.69.